The normalized spacial score (nSPS) is 19.5. The Kier molecular flexibility index (Phi) is 7.13. The molecule has 0 saturated carbocycles. The van der Waals surface area contributed by atoms with E-state index in [2.05, 4.69) is 16.0 Å². The van der Waals surface area contributed by atoms with Crippen molar-refractivity contribution in [3.63, 3.8) is 0 Å². The van der Waals surface area contributed by atoms with Crippen molar-refractivity contribution >= 4 is 35.0 Å². The number of hydrogen-bond donors (Lipinski definition) is 3. The van der Waals surface area contributed by atoms with Crippen LogP contribution < -0.4 is 16.0 Å². The van der Waals surface area contributed by atoms with Gasteiger partial charge in [0.05, 0.1) is 12.6 Å². The smallest absolute Gasteiger partial charge is 0.289 e. The summed E-state index contributed by atoms with van der Waals surface area (Å²) in [5, 5.41) is 8.12. The lowest BCUT2D eigenvalue weighted by molar-refractivity contribution is -0.142. The average Bonchev–Trinajstić information content (AvgIpc) is 2.46. The van der Waals surface area contributed by atoms with Crippen LogP contribution >= 0.6 is 12.2 Å². The molecule has 0 bridgehead atoms. The summed E-state index contributed by atoms with van der Waals surface area (Å²) >= 11 is 5.14. The Morgan fingerprint density at radius 1 is 1.38 bits per heavy atom. The maximum atomic E-state index is 12.5. The van der Waals surface area contributed by atoms with Crippen LogP contribution in [0.15, 0.2) is 0 Å². The number of hydrogen-bond acceptors (Lipinski definition) is 5. The van der Waals surface area contributed by atoms with Gasteiger partial charge >= 0.3 is 0 Å². The molecule has 1 fully saturated rings. The Balaban J connectivity index is 2.63. The predicted octanol–water partition coefficient (Wildman–Crippen LogP) is 0.522. The largest absolute Gasteiger partial charge is 0.470 e. The first-order valence-electron chi connectivity index (χ1n) is 8.07. The second kappa shape index (κ2) is 8.41. The molecule has 136 valence electrons. The molecule has 0 aliphatic carbocycles. The third kappa shape index (κ3) is 6.43. The van der Waals surface area contributed by atoms with Gasteiger partial charge in [0, 0.05) is 6.54 Å². The molecule has 1 aliphatic rings. The minimum Gasteiger partial charge on any atom is -0.470 e. The molecular weight excluding hydrogens is 330 g/mol. The molecule has 7 nitrogen and oxygen atoms in total. The van der Waals surface area contributed by atoms with Crippen LogP contribution in [0.2, 0.25) is 0 Å². The monoisotopic (exact) mass is 357 g/mol. The van der Waals surface area contributed by atoms with Gasteiger partial charge in [-0.3, -0.25) is 14.4 Å². The summed E-state index contributed by atoms with van der Waals surface area (Å²) in [6.45, 7) is 10.6. The highest BCUT2D eigenvalue weighted by Gasteiger charge is 2.33. The highest BCUT2D eigenvalue weighted by molar-refractivity contribution is 7.80. The molecule has 1 heterocycles. The summed E-state index contributed by atoms with van der Waals surface area (Å²) in [4.78, 5) is 35.6. The van der Waals surface area contributed by atoms with Crippen molar-refractivity contribution in [2.75, 3.05) is 13.2 Å². The number of piperidine rings is 1. The minimum atomic E-state index is -0.793. The van der Waals surface area contributed by atoms with Gasteiger partial charge in [-0.05, 0) is 30.0 Å². The van der Waals surface area contributed by atoms with Crippen LogP contribution in [0.25, 0.3) is 0 Å². The third-order valence-electron chi connectivity index (χ3n) is 3.43. The lowest BCUT2D eigenvalue weighted by atomic mass is 9.99. The van der Waals surface area contributed by atoms with Gasteiger partial charge < -0.3 is 20.7 Å². The van der Waals surface area contributed by atoms with Gasteiger partial charge in [0.1, 0.15) is 6.04 Å². The zero-order chi connectivity index (χ0) is 18.5. The molecule has 24 heavy (non-hydrogen) atoms. The average molecular weight is 357 g/mol. The van der Waals surface area contributed by atoms with Gasteiger partial charge in [0.25, 0.3) is 11.1 Å². The zero-order valence-corrected chi connectivity index (χ0v) is 15.7. The van der Waals surface area contributed by atoms with Gasteiger partial charge in [-0.25, -0.2) is 0 Å². The van der Waals surface area contributed by atoms with Crippen molar-refractivity contribution < 1.29 is 19.1 Å². The number of ketones is 1. The van der Waals surface area contributed by atoms with Gasteiger partial charge in [-0.2, -0.15) is 0 Å². The van der Waals surface area contributed by atoms with Gasteiger partial charge in [-0.15, -0.1) is 0 Å². The summed E-state index contributed by atoms with van der Waals surface area (Å²) in [7, 11) is 0. The third-order valence-corrected chi connectivity index (χ3v) is 3.67. The highest BCUT2D eigenvalue weighted by atomic mass is 32.1. The molecule has 0 radical (unpaired) electrons. The second-order valence-electron chi connectivity index (χ2n) is 7.47. The number of Topliss-reactive ketones (excluding diaryl/α,β-unsaturated/α-hetero) is 1. The Hall–Kier alpha value is -1.70. The fourth-order valence-electron chi connectivity index (χ4n) is 2.09. The Labute approximate surface area is 148 Å². The first-order valence-corrected chi connectivity index (χ1v) is 8.48. The van der Waals surface area contributed by atoms with E-state index in [9.17, 15) is 14.4 Å². The van der Waals surface area contributed by atoms with E-state index in [4.69, 9.17) is 17.0 Å². The standard InChI is InChI=1S/C16H27N3O4S/c1-9(2)11(19-15(24)23-8-16(3,4)5)13(21)18-10-6-7-17-14(22)12(10)20/h9-11H,6-8H2,1-5H3,(H,17,22)(H,18,21)(H,19,24). The number of rotatable bonds is 5. The molecule has 0 spiro atoms. The molecule has 3 N–H and O–H groups in total. The van der Waals surface area contributed by atoms with Gasteiger partial charge in [-0.1, -0.05) is 34.6 Å². The molecule has 2 amide bonds. The zero-order valence-electron chi connectivity index (χ0n) is 14.9. The van der Waals surface area contributed by atoms with Crippen LogP contribution in [0.3, 0.4) is 0 Å². The molecule has 2 atom stereocenters. The summed E-state index contributed by atoms with van der Waals surface area (Å²) in [6.07, 6.45) is 0.381. The van der Waals surface area contributed by atoms with Crippen molar-refractivity contribution in [3.8, 4) is 0 Å². The molecule has 0 aromatic heterocycles. The number of thiocarbonyl (C=S) groups is 1. The van der Waals surface area contributed by atoms with Crippen molar-refractivity contribution in [2.45, 2.75) is 53.1 Å². The van der Waals surface area contributed by atoms with E-state index in [-0.39, 0.29) is 22.4 Å². The molecule has 0 aromatic rings. The van der Waals surface area contributed by atoms with E-state index in [0.717, 1.165) is 0 Å². The van der Waals surface area contributed by atoms with Gasteiger partial charge in [0.2, 0.25) is 11.7 Å². The van der Waals surface area contributed by atoms with Crippen LogP contribution in [0, 0.1) is 11.3 Å². The van der Waals surface area contributed by atoms with Crippen LogP contribution in [0.5, 0.6) is 0 Å². The molecule has 2 unspecified atom stereocenters. The van der Waals surface area contributed by atoms with Crippen molar-refractivity contribution in [1.29, 1.82) is 0 Å². The second-order valence-corrected chi connectivity index (χ2v) is 7.84. The van der Waals surface area contributed by atoms with Crippen molar-refractivity contribution in [1.82, 2.24) is 16.0 Å². The number of nitrogens with one attached hydrogen (secondary N) is 3. The molecule has 1 aliphatic heterocycles. The van der Waals surface area contributed by atoms with Crippen LogP contribution in [0.4, 0.5) is 0 Å². The molecule has 1 saturated heterocycles. The molecular formula is C16H27N3O4S. The number of amides is 2. The Bertz CT molecular complexity index is 514. The van der Waals surface area contributed by atoms with E-state index in [0.29, 0.717) is 19.6 Å². The molecule has 8 heteroatoms. The highest BCUT2D eigenvalue weighted by Crippen LogP contribution is 2.13. The Morgan fingerprint density at radius 2 is 2.00 bits per heavy atom. The molecule has 0 aromatic carbocycles. The van der Waals surface area contributed by atoms with Crippen LogP contribution in [-0.4, -0.2) is 48.0 Å². The fourth-order valence-corrected chi connectivity index (χ4v) is 2.28. The number of ether oxygens (including phenoxy) is 1. The SMILES string of the molecule is CC(C)C(NC(=S)OCC(C)(C)C)C(=O)NC1CCNC(=O)C1=O. The quantitative estimate of drug-likeness (QED) is 0.490. The summed E-state index contributed by atoms with van der Waals surface area (Å²) < 4.78 is 5.47. The first kappa shape index (κ1) is 20.3. The maximum Gasteiger partial charge on any atom is 0.289 e. The summed E-state index contributed by atoms with van der Waals surface area (Å²) in [5.41, 5.74) is -0.0524. The van der Waals surface area contributed by atoms with E-state index >= 15 is 0 Å². The van der Waals surface area contributed by atoms with E-state index in [1.165, 1.54) is 0 Å². The number of carbonyl (C=O) groups excluding carboxylic acids is 3. The predicted molar refractivity (Wildman–Crippen MR) is 94.3 cm³/mol. The number of carbonyl (C=O) groups is 3. The van der Waals surface area contributed by atoms with Crippen molar-refractivity contribution in [2.24, 2.45) is 11.3 Å². The van der Waals surface area contributed by atoms with E-state index in [1.807, 2.05) is 34.6 Å². The topological polar surface area (TPSA) is 96.5 Å². The Morgan fingerprint density at radius 3 is 2.54 bits per heavy atom. The fraction of sp³-hybridized carbons (Fsp3) is 0.750. The maximum absolute atomic E-state index is 12.5. The van der Waals surface area contributed by atoms with Crippen molar-refractivity contribution in [3.05, 3.63) is 0 Å². The first-order chi connectivity index (χ1) is 11.0. The van der Waals surface area contributed by atoms with Crippen LogP contribution in [0.1, 0.15) is 41.0 Å². The van der Waals surface area contributed by atoms with E-state index < -0.39 is 23.8 Å². The molecule has 1 rings (SSSR count). The lowest BCUT2D eigenvalue weighted by Gasteiger charge is -2.28. The van der Waals surface area contributed by atoms with Gasteiger partial charge in [0.15, 0.2) is 0 Å². The minimum absolute atomic E-state index is 0.0524. The van der Waals surface area contributed by atoms with E-state index in [1.54, 1.807) is 0 Å². The van der Waals surface area contributed by atoms with Crippen LogP contribution in [-0.2, 0) is 19.1 Å². The summed E-state index contributed by atoms with van der Waals surface area (Å²) in [6, 6.07) is -1.44. The lowest BCUT2D eigenvalue weighted by Crippen LogP contribution is -2.58. The summed E-state index contributed by atoms with van der Waals surface area (Å²) in [5.74, 6) is -1.73.